The maximum absolute atomic E-state index is 12.6. The van der Waals surface area contributed by atoms with Crippen molar-refractivity contribution in [1.29, 1.82) is 0 Å². The molecule has 0 saturated heterocycles. The first-order valence-corrected chi connectivity index (χ1v) is 5.28. The summed E-state index contributed by atoms with van der Waals surface area (Å²) in [5.41, 5.74) is 6.42. The lowest BCUT2D eigenvalue weighted by Crippen LogP contribution is -2.04. The van der Waals surface area contributed by atoms with E-state index in [0.717, 1.165) is 17.0 Å². The average molecular weight is 242 g/mol. The van der Waals surface area contributed by atoms with Crippen LogP contribution in [0.4, 0.5) is 13.2 Å². The van der Waals surface area contributed by atoms with Crippen LogP contribution in [-0.4, -0.2) is 11.1 Å². The number of nitrogens with two attached hydrogens (primary N) is 1. The van der Waals surface area contributed by atoms with Crippen molar-refractivity contribution in [2.45, 2.75) is 12.6 Å². The van der Waals surface area contributed by atoms with Crippen molar-refractivity contribution >= 4 is 10.9 Å². The fourth-order valence-corrected chi connectivity index (χ4v) is 2.00. The Balaban J connectivity index is 2.59. The maximum atomic E-state index is 12.6. The molecule has 0 saturated carbocycles. The van der Waals surface area contributed by atoms with Crippen molar-refractivity contribution in [2.24, 2.45) is 12.8 Å². The van der Waals surface area contributed by atoms with Gasteiger partial charge in [-0.1, -0.05) is 6.07 Å². The lowest BCUT2D eigenvalue weighted by molar-refractivity contribution is -0.137. The van der Waals surface area contributed by atoms with E-state index >= 15 is 0 Å². The summed E-state index contributed by atoms with van der Waals surface area (Å²) in [5.74, 6) is 0. The molecule has 5 heteroatoms. The van der Waals surface area contributed by atoms with Gasteiger partial charge in [-0.2, -0.15) is 13.2 Å². The lowest BCUT2D eigenvalue weighted by Gasteiger charge is -2.07. The quantitative estimate of drug-likeness (QED) is 0.862. The van der Waals surface area contributed by atoms with Gasteiger partial charge in [-0.15, -0.1) is 0 Å². The summed E-state index contributed by atoms with van der Waals surface area (Å²) in [4.78, 5) is 0. The van der Waals surface area contributed by atoms with Gasteiger partial charge in [0.1, 0.15) is 0 Å². The zero-order valence-electron chi connectivity index (χ0n) is 9.38. The molecule has 1 aromatic heterocycles. The first-order chi connectivity index (χ1) is 7.93. The van der Waals surface area contributed by atoms with Gasteiger partial charge in [0.05, 0.1) is 5.56 Å². The Hall–Kier alpha value is -1.49. The fourth-order valence-electron chi connectivity index (χ4n) is 2.00. The third kappa shape index (κ3) is 2.15. The van der Waals surface area contributed by atoms with Crippen molar-refractivity contribution in [3.63, 3.8) is 0 Å². The number of fused-ring (bicyclic) bond motifs is 1. The largest absolute Gasteiger partial charge is 0.416 e. The van der Waals surface area contributed by atoms with Crippen molar-refractivity contribution < 1.29 is 13.2 Å². The van der Waals surface area contributed by atoms with E-state index in [1.54, 1.807) is 11.6 Å². The number of hydrogen-bond acceptors (Lipinski definition) is 1. The van der Waals surface area contributed by atoms with Crippen LogP contribution in [0.15, 0.2) is 24.4 Å². The smallest absolute Gasteiger partial charge is 0.350 e. The van der Waals surface area contributed by atoms with E-state index in [1.165, 1.54) is 12.1 Å². The predicted octanol–water partition coefficient (Wildman–Crippen LogP) is 2.70. The Bertz CT molecular complexity index is 540. The van der Waals surface area contributed by atoms with Gasteiger partial charge < -0.3 is 10.3 Å². The Kier molecular flexibility index (Phi) is 2.87. The predicted molar refractivity (Wildman–Crippen MR) is 60.7 cm³/mol. The third-order valence-corrected chi connectivity index (χ3v) is 2.81. The molecule has 1 heterocycles. The molecule has 0 aliphatic rings. The van der Waals surface area contributed by atoms with Gasteiger partial charge in [0.15, 0.2) is 0 Å². The summed E-state index contributed by atoms with van der Waals surface area (Å²) >= 11 is 0. The first-order valence-electron chi connectivity index (χ1n) is 5.28. The second-order valence-corrected chi connectivity index (χ2v) is 4.03. The minimum absolute atomic E-state index is 0.486. The van der Waals surface area contributed by atoms with Gasteiger partial charge in [-0.25, -0.2) is 0 Å². The second kappa shape index (κ2) is 4.07. The summed E-state index contributed by atoms with van der Waals surface area (Å²) in [6.45, 7) is 0.486. The molecule has 2 rings (SSSR count). The lowest BCUT2D eigenvalue weighted by atomic mass is 10.1. The van der Waals surface area contributed by atoms with Crippen LogP contribution in [0.1, 0.15) is 11.1 Å². The average Bonchev–Trinajstić information content (AvgIpc) is 2.55. The standard InChI is InChI=1S/C12H13F3N2/c1-17-7-8(4-5-16)10-3-2-9(6-11(10)17)12(13,14)15/h2-3,6-7H,4-5,16H2,1H3. The van der Waals surface area contributed by atoms with Gasteiger partial charge in [0.25, 0.3) is 0 Å². The molecule has 0 atom stereocenters. The van der Waals surface area contributed by atoms with Gasteiger partial charge in [0, 0.05) is 24.1 Å². The molecule has 0 aliphatic carbocycles. The highest BCUT2D eigenvalue weighted by Crippen LogP contribution is 2.32. The summed E-state index contributed by atoms with van der Waals surface area (Å²) in [6, 6.07) is 3.81. The fraction of sp³-hybridized carbons (Fsp3) is 0.333. The number of rotatable bonds is 2. The Morgan fingerprint density at radius 3 is 2.59 bits per heavy atom. The Morgan fingerprint density at radius 2 is 2.00 bits per heavy atom. The first kappa shape index (κ1) is 12.0. The highest BCUT2D eigenvalue weighted by molar-refractivity contribution is 5.84. The third-order valence-electron chi connectivity index (χ3n) is 2.81. The summed E-state index contributed by atoms with van der Waals surface area (Å²) in [5, 5.41) is 0.839. The van der Waals surface area contributed by atoms with Crippen molar-refractivity contribution in [1.82, 2.24) is 4.57 Å². The van der Waals surface area contributed by atoms with E-state index in [2.05, 4.69) is 0 Å². The summed E-state index contributed by atoms with van der Waals surface area (Å²) in [7, 11) is 1.74. The number of nitrogens with zero attached hydrogens (tertiary/aromatic N) is 1. The summed E-state index contributed by atoms with van der Waals surface area (Å²) < 4.78 is 39.4. The van der Waals surface area contributed by atoms with Crippen LogP contribution in [0.2, 0.25) is 0 Å². The van der Waals surface area contributed by atoms with Crippen LogP contribution in [0.5, 0.6) is 0 Å². The number of benzene rings is 1. The minimum atomic E-state index is -4.30. The molecule has 2 aromatic rings. The minimum Gasteiger partial charge on any atom is -0.350 e. The molecular weight excluding hydrogens is 229 g/mol. The highest BCUT2D eigenvalue weighted by Gasteiger charge is 2.30. The molecule has 2 nitrogen and oxygen atoms in total. The van der Waals surface area contributed by atoms with Crippen molar-refractivity contribution in [2.75, 3.05) is 6.54 Å². The van der Waals surface area contributed by atoms with E-state index in [1.807, 2.05) is 6.20 Å². The zero-order chi connectivity index (χ0) is 12.6. The van der Waals surface area contributed by atoms with Gasteiger partial charge in [0.2, 0.25) is 0 Å². The molecule has 0 aliphatic heterocycles. The molecule has 0 amide bonds. The molecule has 0 radical (unpaired) electrons. The molecule has 1 aromatic carbocycles. The monoisotopic (exact) mass is 242 g/mol. The van der Waals surface area contributed by atoms with Gasteiger partial charge in [-0.3, -0.25) is 0 Å². The zero-order valence-corrected chi connectivity index (χ0v) is 9.38. The van der Waals surface area contributed by atoms with Crippen LogP contribution in [0.25, 0.3) is 10.9 Å². The van der Waals surface area contributed by atoms with E-state index in [9.17, 15) is 13.2 Å². The van der Waals surface area contributed by atoms with Crippen molar-refractivity contribution in [3.8, 4) is 0 Å². The van der Waals surface area contributed by atoms with E-state index in [4.69, 9.17) is 5.73 Å². The number of aryl methyl sites for hydroxylation is 1. The molecule has 92 valence electrons. The highest BCUT2D eigenvalue weighted by atomic mass is 19.4. The van der Waals surface area contributed by atoms with Crippen LogP contribution < -0.4 is 5.73 Å². The van der Waals surface area contributed by atoms with Gasteiger partial charge >= 0.3 is 6.18 Å². The van der Waals surface area contributed by atoms with Crippen LogP contribution in [0, 0.1) is 0 Å². The number of alkyl halides is 3. The molecule has 0 fully saturated rings. The Morgan fingerprint density at radius 1 is 1.29 bits per heavy atom. The van der Waals surface area contributed by atoms with Crippen LogP contribution >= 0.6 is 0 Å². The molecule has 0 bridgehead atoms. The number of halogens is 3. The molecule has 0 unspecified atom stereocenters. The topological polar surface area (TPSA) is 30.9 Å². The molecule has 0 spiro atoms. The van der Waals surface area contributed by atoms with Crippen molar-refractivity contribution in [3.05, 3.63) is 35.5 Å². The SMILES string of the molecule is Cn1cc(CCN)c2ccc(C(F)(F)F)cc21. The van der Waals surface area contributed by atoms with Crippen LogP contribution in [0.3, 0.4) is 0 Å². The van der Waals surface area contributed by atoms with E-state index in [0.29, 0.717) is 18.5 Å². The Labute approximate surface area is 96.8 Å². The normalized spacial score (nSPS) is 12.3. The molecule has 17 heavy (non-hydrogen) atoms. The summed E-state index contributed by atoms with van der Waals surface area (Å²) in [6.07, 6.45) is -1.80. The molecule has 2 N–H and O–H groups in total. The van der Waals surface area contributed by atoms with E-state index < -0.39 is 11.7 Å². The number of hydrogen-bond donors (Lipinski definition) is 1. The molecular formula is C12H13F3N2. The van der Waals surface area contributed by atoms with Crippen LogP contribution in [-0.2, 0) is 19.6 Å². The van der Waals surface area contributed by atoms with E-state index in [-0.39, 0.29) is 0 Å². The second-order valence-electron chi connectivity index (χ2n) is 4.03. The maximum Gasteiger partial charge on any atom is 0.416 e. The number of aromatic nitrogens is 1. The van der Waals surface area contributed by atoms with Gasteiger partial charge in [-0.05, 0) is 30.7 Å².